The molecule has 1 aromatic heterocycles. The van der Waals surface area contributed by atoms with E-state index >= 15 is 0 Å². The minimum atomic E-state index is -0.814. The smallest absolute Gasteiger partial charge is 0.371 e. The van der Waals surface area contributed by atoms with Crippen molar-refractivity contribution in [3.8, 4) is 0 Å². The molecule has 3 heterocycles. The Hall–Kier alpha value is -2.38. The van der Waals surface area contributed by atoms with Gasteiger partial charge in [-0.1, -0.05) is 36.2 Å². The average Bonchev–Trinajstić information content (AvgIpc) is 3.48. The first-order chi connectivity index (χ1) is 18.8. The molecule has 0 radical (unpaired) electrons. The lowest BCUT2D eigenvalue weighted by molar-refractivity contribution is -0.810. The Kier molecular flexibility index (Phi) is 8.97. The van der Waals surface area contributed by atoms with Crippen molar-refractivity contribution in [3.63, 3.8) is 0 Å². The lowest BCUT2D eigenvalue weighted by atomic mass is 9.82. The van der Waals surface area contributed by atoms with Crippen LogP contribution in [0.25, 0.3) is 0 Å². The molecule has 0 bridgehead atoms. The van der Waals surface area contributed by atoms with Crippen LogP contribution in [0.15, 0.2) is 47.8 Å². The second kappa shape index (κ2) is 12.4. The Morgan fingerprint density at radius 1 is 1.28 bits per heavy atom. The molecule has 0 saturated carbocycles. The van der Waals surface area contributed by atoms with E-state index in [0.717, 1.165) is 88.5 Å². The van der Waals surface area contributed by atoms with Gasteiger partial charge in [-0.25, -0.2) is 14.2 Å². The number of carbonyl (C=O) groups excluding carboxylic acids is 1. The topological polar surface area (TPSA) is 61.0 Å². The van der Waals surface area contributed by atoms with Gasteiger partial charge in [0.15, 0.2) is 0 Å². The molecule has 5 atom stereocenters. The number of likely N-dealkylation sites (tertiary alicyclic amines) is 1. The first-order valence-electron chi connectivity index (χ1n) is 15.2. The molecule has 7 heteroatoms. The van der Waals surface area contributed by atoms with Crippen molar-refractivity contribution < 1.29 is 23.8 Å². The maximum Gasteiger partial charge on any atom is 0.391 e. The molecule has 6 nitrogen and oxygen atoms in total. The van der Waals surface area contributed by atoms with Gasteiger partial charge in [0.2, 0.25) is 0 Å². The third-order valence-electron chi connectivity index (χ3n) is 9.53. The summed E-state index contributed by atoms with van der Waals surface area (Å²) in [5.41, 5.74) is 3.61. The number of aryl methyl sites for hydroxylation is 1. The van der Waals surface area contributed by atoms with Gasteiger partial charge in [0.1, 0.15) is 12.4 Å². The molecule has 0 spiro atoms. The summed E-state index contributed by atoms with van der Waals surface area (Å²) in [6, 6.07) is 0. The van der Waals surface area contributed by atoms with Gasteiger partial charge in [-0.3, -0.25) is 9.80 Å². The van der Waals surface area contributed by atoms with Crippen molar-refractivity contribution in [1.82, 2.24) is 4.98 Å². The molecule has 4 aliphatic rings. The number of amides is 1. The zero-order valence-corrected chi connectivity index (χ0v) is 24.1. The first-order valence-corrected chi connectivity index (χ1v) is 15.2. The second-order valence-corrected chi connectivity index (χ2v) is 12.4. The monoisotopic (exact) mass is 538 g/mol. The van der Waals surface area contributed by atoms with Crippen LogP contribution in [0.5, 0.6) is 0 Å². The van der Waals surface area contributed by atoms with Crippen LogP contribution < -0.4 is 14.8 Å². The van der Waals surface area contributed by atoms with E-state index in [4.69, 9.17) is 4.74 Å². The molecule has 4 unspecified atom stereocenters. The van der Waals surface area contributed by atoms with Crippen molar-refractivity contribution in [2.75, 3.05) is 37.7 Å². The first kappa shape index (κ1) is 28.2. The number of H-pyrrole nitrogens is 1. The van der Waals surface area contributed by atoms with Gasteiger partial charge >= 0.3 is 11.9 Å². The average molecular weight is 539 g/mol. The lowest BCUT2D eigenvalue weighted by Gasteiger charge is -2.33. The summed E-state index contributed by atoms with van der Waals surface area (Å²) in [7, 11) is 0. The summed E-state index contributed by atoms with van der Waals surface area (Å²) in [6.07, 6.45) is 19.8. The van der Waals surface area contributed by atoms with Crippen LogP contribution in [0, 0.1) is 17.8 Å². The number of alkyl halides is 1. The van der Waals surface area contributed by atoms with E-state index in [2.05, 4.69) is 59.2 Å². The zero-order valence-electron chi connectivity index (χ0n) is 24.1. The number of nitrogens with one attached hydrogen (secondary N) is 2. The van der Waals surface area contributed by atoms with Crippen LogP contribution in [-0.2, 0) is 16.0 Å². The highest BCUT2D eigenvalue weighted by atomic mass is 19.1. The van der Waals surface area contributed by atoms with Crippen LogP contribution in [0.2, 0.25) is 0 Å². The lowest BCUT2D eigenvalue weighted by Crippen LogP contribution is -3.13. The van der Waals surface area contributed by atoms with Crippen molar-refractivity contribution >= 4 is 11.9 Å². The van der Waals surface area contributed by atoms with Gasteiger partial charge in [0.25, 0.3) is 0 Å². The van der Waals surface area contributed by atoms with E-state index < -0.39 is 6.17 Å². The maximum atomic E-state index is 13.7. The van der Waals surface area contributed by atoms with Crippen molar-refractivity contribution in [3.05, 3.63) is 53.4 Å². The summed E-state index contributed by atoms with van der Waals surface area (Å²) >= 11 is 0. The number of carbonyl (C=O) groups is 1. The van der Waals surface area contributed by atoms with Gasteiger partial charge in [0.05, 0.1) is 50.5 Å². The minimum absolute atomic E-state index is 0.0416. The molecule has 1 aromatic rings. The third-order valence-corrected chi connectivity index (χ3v) is 9.53. The predicted molar refractivity (Wildman–Crippen MR) is 151 cm³/mol. The number of hydrogen-bond donors (Lipinski definition) is 1. The zero-order chi connectivity index (χ0) is 27.4. The van der Waals surface area contributed by atoms with Crippen LogP contribution in [0.3, 0.4) is 0 Å². The van der Waals surface area contributed by atoms with Crippen LogP contribution >= 0.6 is 0 Å². The Morgan fingerprint density at radius 3 is 2.69 bits per heavy atom. The number of anilines is 1. The Balaban J connectivity index is 1.05. The number of aromatic amines is 1. The number of rotatable bonds is 8. The molecule has 0 aromatic carbocycles. The van der Waals surface area contributed by atoms with Crippen LogP contribution in [0.4, 0.5) is 10.3 Å². The molecule has 2 saturated heterocycles. The molecule has 1 amide bonds. The molecular weight excluding hydrogens is 491 g/mol. The fraction of sp³-hybridized carbons (Fsp3) is 0.656. The normalized spacial score (nSPS) is 30.7. The molecule has 212 valence electrons. The second-order valence-electron chi connectivity index (χ2n) is 12.4. The number of halogens is 1. The molecule has 2 aliphatic carbocycles. The highest BCUT2D eigenvalue weighted by Gasteiger charge is 2.38. The number of allylic oxidation sites excluding steroid dienone is 4. The Morgan fingerprint density at radius 2 is 2.10 bits per heavy atom. The summed E-state index contributed by atoms with van der Waals surface area (Å²) in [5.74, 6) is 1.96. The van der Waals surface area contributed by atoms with E-state index in [1.807, 2.05) is 6.20 Å². The number of piperidine rings is 1. The van der Waals surface area contributed by atoms with Gasteiger partial charge < -0.3 is 4.74 Å². The Labute approximate surface area is 233 Å². The number of aromatic nitrogens is 2. The van der Waals surface area contributed by atoms with Crippen molar-refractivity contribution in [2.45, 2.75) is 83.9 Å². The minimum Gasteiger partial charge on any atom is -0.371 e. The van der Waals surface area contributed by atoms with Crippen molar-refractivity contribution in [1.29, 1.82) is 0 Å². The predicted octanol–water partition coefficient (Wildman–Crippen LogP) is 3.85. The van der Waals surface area contributed by atoms with E-state index in [9.17, 15) is 9.18 Å². The number of quaternary nitrogens is 1. The van der Waals surface area contributed by atoms with Crippen LogP contribution in [0.1, 0.15) is 71.3 Å². The largest absolute Gasteiger partial charge is 0.391 e. The van der Waals surface area contributed by atoms with Crippen molar-refractivity contribution in [2.24, 2.45) is 17.8 Å². The van der Waals surface area contributed by atoms with E-state index in [1.54, 1.807) is 6.92 Å². The fourth-order valence-corrected chi connectivity index (χ4v) is 6.54. The van der Waals surface area contributed by atoms with Crippen LogP contribution in [-0.4, -0.2) is 55.4 Å². The summed E-state index contributed by atoms with van der Waals surface area (Å²) < 4.78 is 20.2. The summed E-state index contributed by atoms with van der Waals surface area (Å²) in [4.78, 5) is 24.3. The molecular formula is C32H47FN4O2+2. The highest BCUT2D eigenvalue weighted by Crippen LogP contribution is 2.34. The van der Waals surface area contributed by atoms with Gasteiger partial charge in [-0.05, 0) is 75.9 Å². The molecule has 2 fully saturated rings. The third kappa shape index (κ3) is 6.86. The number of hydrogen-bond acceptors (Lipinski definition) is 4. The summed E-state index contributed by atoms with van der Waals surface area (Å²) in [6.45, 7) is 10.2. The van der Waals surface area contributed by atoms with Gasteiger partial charge in [-0.2, -0.15) is 0 Å². The standard InChI is InChI=1S/C32H45FN4O2/c1-4-24-19-34-31(35-20-24)36-16-11-25(12-17-36)22-39-32(3)14-9-27(10-15-32)26-5-7-28(8-6-26)30(38)37-18-13-29(21-37)23(2)33/h5,9-10,14,19-20,23,25,28-29H,4,6-8,11-13,15-18,21-22H2,1-3H3/p+2/t23-,28?,29?,32?/m0/s1. The van der Waals surface area contributed by atoms with Gasteiger partial charge in [0, 0.05) is 17.9 Å². The number of ether oxygens (including phenoxy) is 1. The van der Waals surface area contributed by atoms with E-state index in [1.165, 1.54) is 16.7 Å². The van der Waals surface area contributed by atoms with E-state index in [0.29, 0.717) is 18.4 Å². The SMILES string of the molecule is CCc1cnc(N2CCC(COC3(C)C=CC(C4=CCC(C(=O)[NH+]5CCC([C@H](C)F)C5)CC4)=CC3)CC2)[nH+]c1. The quantitative estimate of drug-likeness (QED) is 0.546. The molecule has 5 rings (SSSR count). The maximum absolute atomic E-state index is 13.7. The molecule has 2 aliphatic heterocycles. The van der Waals surface area contributed by atoms with E-state index in [-0.39, 0.29) is 17.4 Å². The fourth-order valence-electron chi connectivity index (χ4n) is 6.54. The Bertz CT molecular complexity index is 1090. The molecule has 2 N–H and O–H groups in total. The summed E-state index contributed by atoms with van der Waals surface area (Å²) in [5, 5.41) is 0. The molecule has 39 heavy (non-hydrogen) atoms. The number of nitrogens with zero attached hydrogens (tertiary/aromatic N) is 2. The highest BCUT2D eigenvalue weighted by molar-refractivity contribution is 5.70. The van der Waals surface area contributed by atoms with Gasteiger partial charge in [-0.15, -0.1) is 0 Å².